The molecule has 0 saturated carbocycles. The normalized spacial score (nSPS) is 13.9. The van der Waals surface area contributed by atoms with Crippen molar-refractivity contribution in [3.05, 3.63) is 47.8 Å². The maximum absolute atomic E-state index is 6.00. The van der Waals surface area contributed by atoms with Gasteiger partial charge in [0.25, 0.3) is 0 Å². The van der Waals surface area contributed by atoms with Gasteiger partial charge in [0.2, 0.25) is 0 Å². The van der Waals surface area contributed by atoms with Crippen LogP contribution in [0.2, 0.25) is 0 Å². The summed E-state index contributed by atoms with van der Waals surface area (Å²) in [5.41, 5.74) is 8.09. The van der Waals surface area contributed by atoms with Crippen LogP contribution in [0.3, 0.4) is 0 Å². The summed E-state index contributed by atoms with van der Waals surface area (Å²) in [6, 6.07) is 10.5. The minimum atomic E-state index is 0.102. The Morgan fingerprint density at radius 3 is 2.48 bits per heavy atom. The standard InChI is InChI=1S/C17H25N3O/c1-4-13(3)20-11-10-15(19-20)12-21-16-8-6-14(7-9-16)17(18)5-2/h6-11,13,17H,4-5,12,18H2,1-3H3/t13?,17-/m0/s1. The van der Waals surface area contributed by atoms with E-state index >= 15 is 0 Å². The molecule has 1 aromatic carbocycles. The van der Waals surface area contributed by atoms with Crippen molar-refractivity contribution in [2.75, 3.05) is 0 Å². The Kier molecular flexibility index (Phi) is 5.39. The summed E-state index contributed by atoms with van der Waals surface area (Å²) in [6.07, 6.45) is 4.02. The molecule has 2 N–H and O–H groups in total. The maximum atomic E-state index is 6.00. The summed E-state index contributed by atoms with van der Waals surface area (Å²) >= 11 is 0. The fourth-order valence-electron chi connectivity index (χ4n) is 2.09. The van der Waals surface area contributed by atoms with Crippen LogP contribution in [0.5, 0.6) is 5.75 Å². The monoisotopic (exact) mass is 287 g/mol. The molecule has 2 atom stereocenters. The molecule has 2 rings (SSSR count). The number of ether oxygens (including phenoxy) is 1. The SMILES string of the molecule is CCC(C)n1ccc(COc2ccc([C@@H](N)CC)cc2)n1. The first-order valence-electron chi connectivity index (χ1n) is 7.66. The molecule has 1 heterocycles. The van der Waals surface area contributed by atoms with Crippen molar-refractivity contribution in [2.45, 2.75) is 52.3 Å². The summed E-state index contributed by atoms with van der Waals surface area (Å²) in [5, 5.41) is 4.53. The molecule has 114 valence electrons. The van der Waals surface area contributed by atoms with Gasteiger partial charge >= 0.3 is 0 Å². The minimum absolute atomic E-state index is 0.102. The second-order valence-electron chi connectivity index (χ2n) is 5.42. The van der Waals surface area contributed by atoms with E-state index in [2.05, 4.69) is 25.9 Å². The van der Waals surface area contributed by atoms with E-state index in [4.69, 9.17) is 10.5 Å². The van der Waals surface area contributed by atoms with Gasteiger partial charge in [-0.1, -0.05) is 26.0 Å². The highest BCUT2D eigenvalue weighted by molar-refractivity contribution is 5.29. The van der Waals surface area contributed by atoms with Gasteiger partial charge in [-0.25, -0.2) is 0 Å². The molecule has 4 nitrogen and oxygen atoms in total. The van der Waals surface area contributed by atoms with Crippen LogP contribution in [-0.2, 0) is 6.61 Å². The lowest BCUT2D eigenvalue weighted by Gasteiger charge is -2.10. The molecular formula is C17H25N3O. The molecule has 0 aliphatic heterocycles. The zero-order valence-corrected chi connectivity index (χ0v) is 13.1. The highest BCUT2D eigenvalue weighted by Gasteiger charge is 2.06. The number of rotatable bonds is 7. The van der Waals surface area contributed by atoms with Gasteiger partial charge in [0.15, 0.2) is 0 Å². The first-order chi connectivity index (χ1) is 10.1. The summed E-state index contributed by atoms with van der Waals surface area (Å²) in [5.74, 6) is 0.847. The van der Waals surface area contributed by atoms with E-state index in [0.29, 0.717) is 12.6 Å². The lowest BCUT2D eigenvalue weighted by Crippen LogP contribution is -2.08. The quantitative estimate of drug-likeness (QED) is 0.841. The Morgan fingerprint density at radius 1 is 1.14 bits per heavy atom. The largest absolute Gasteiger partial charge is 0.487 e. The van der Waals surface area contributed by atoms with Crippen molar-refractivity contribution in [3.8, 4) is 5.75 Å². The van der Waals surface area contributed by atoms with E-state index in [1.807, 2.05) is 41.2 Å². The molecule has 1 aromatic heterocycles. The van der Waals surface area contributed by atoms with Crippen LogP contribution in [0.15, 0.2) is 36.5 Å². The van der Waals surface area contributed by atoms with Crippen LogP contribution in [0.25, 0.3) is 0 Å². The molecule has 0 fully saturated rings. The van der Waals surface area contributed by atoms with Gasteiger partial charge < -0.3 is 10.5 Å². The van der Waals surface area contributed by atoms with Crippen molar-refractivity contribution in [2.24, 2.45) is 5.73 Å². The van der Waals surface area contributed by atoms with Gasteiger partial charge in [-0.15, -0.1) is 0 Å². The zero-order valence-electron chi connectivity index (χ0n) is 13.1. The van der Waals surface area contributed by atoms with Crippen molar-refractivity contribution in [1.29, 1.82) is 0 Å². The third-order valence-electron chi connectivity index (χ3n) is 3.84. The van der Waals surface area contributed by atoms with Gasteiger partial charge in [-0.05, 0) is 43.5 Å². The van der Waals surface area contributed by atoms with E-state index in [-0.39, 0.29) is 6.04 Å². The van der Waals surface area contributed by atoms with Gasteiger partial charge in [-0.3, -0.25) is 4.68 Å². The average molecular weight is 287 g/mol. The lowest BCUT2D eigenvalue weighted by atomic mass is 10.1. The highest BCUT2D eigenvalue weighted by atomic mass is 16.5. The first kappa shape index (κ1) is 15.6. The molecule has 0 aliphatic carbocycles. The minimum Gasteiger partial charge on any atom is -0.487 e. The fraction of sp³-hybridized carbons (Fsp3) is 0.471. The predicted molar refractivity (Wildman–Crippen MR) is 85.2 cm³/mol. The van der Waals surface area contributed by atoms with Crippen LogP contribution in [0, 0.1) is 0 Å². The summed E-state index contributed by atoms with van der Waals surface area (Å²) < 4.78 is 7.76. The Labute approximate surface area is 126 Å². The van der Waals surface area contributed by atoms with Crippen molar-refractivity contribution >= 4 is 0 Å². The van der Waals surface area contributed by atoms with Crippen molar-refractivity contribution in [3.63, 3.8) is 0 Å². The third kappa shape index (κ3) is 4.08. The van der Waals surface area contributed by atoms with Crippen LogP contribution in [0.4, 0.5) is 0 Å². The predicted octanol–water partition coefficient (Wildman–Crippen LogP) is 3.84. The van der Waals surface area contributed by atoms with Gasteiger partial charge in [0.05, 0.1) is 5.69 Å². The van der Waals surface area contributed by atoms with E-state index in [1.165, 1.54) is 0 Å². The molecule has 0 bridgehead atoms. The van der Waals surface area contributed by atoms with Gasteiger partial charge in [0.1, 0.15) is 12.4 Å². The number of hydrogen-bond donors (Lipinski definition) is 1. The Hall–Kier alpha value is -1.81. The molecule has 0 spiro atoms. The number of nitrogens with zero attached hydrogens (tertiary/aromatic N) is 2. The van der Waals surface area contributed by atoms with Crippen molar-refractivity contribution in [1.82, 2.24) is 9.78 Å². The van der Waals surface area contributed by atoms with Crippen molar-refractivity contribution < 1.29 is 4.74 Å². The Morgan fingerprint density at radius 2 is 1.86 bits per heavy atom. The topological polar surface area (TPSA) is 53.1 Å². The fourth-order valence-corrected chi connectivity index (χ4v) is 2.09. The Bertz CT molecular complexity index is 547. The number of hydrogen-bond acceptors (Lipinski definition) is 3. The zero-order chi connectivity index (χ0) is 15.2. The molecule has 2 aromatic rings. The molecule has 0 aliphatic rings. The first-order valence-corrected chi connectivity index (χ1v) is 7.66. The van der Waals surface area contributed by atoms with Crippen LogP contribution in [0.1, 0.15) is 57.0 Å². The molecule has 0 amide bonds. The maximum Gasteiger partial charge on any atom is 0.132 e. The summed E-state index contributed by atoms with van der Waals surface area (Å²) in [4.78, 5) is 0. The lowest BCUT2D eigenvalue weighted by molar-refractivity contribution is 0.298. The van der Waals surface area contributed by atoms with Gasteiger partial charge in [0, 0.05) is 18.3 Å². The summed E-state index contributed by atoms with van der Waals surface area (Å²) in [7, 11) is 0. The van der Waals surface area contributed by atoms with Crippen LogP contribution < -0.4 is 10.5 Å². The van der Waals surface area contributed by atoms with Crippen LogP contribution >= 0.6 is 0 Å². The van der Waals surface area contributed by atoms with E-state index in [1.54, 1.807) is 0 Å². The smallest absolute Gasteiger partial charge is 0.132 e. The van der Waals surface area contributed by atoms with Crippen LogP contribution in [-0.4, -0.2) is 9.78 Å². The van der Waals surface area contributed by atoms with E-state index in [9.17, 15) is 0 Å². The van der Waals surface area contributed by atoms with Gasteiger partial charge in [-0.2, -0.15) is 5.10 Å². The molecule has 4 heteroatoms. The Balaban J connectivity index is 1.92. The molecule has 21 heavy (non-hydrogen) atoms. The third-order valence-corrected chi connectivity index (χ3v) is 3.84. The number of nitrogens with two attached hydrogens (primary N) is 1. The second kappa shape index (κ2) is 7.27. The molecular weight excluding hydrogens is 262 g/mol. The number of aromatic nitrogens is 2. The van der Waals surface area contributed by atoms with E-state index < -0.39 is 0 Å². The molecule has 0 radical (unpaired) electrons. The molecule has 0 saturated heterocycles. The second-order valence-corrected chi connectivity index (χ2v) is 5.42. The summed E-state index contributed by atoms with van der Waals surface area (Å²) in [6.45, 7) is 6.89. The average Bonchev–Trinajstić information content (AvgIpc) is 3.01. The molecule has 1 unspecified atom stereocenters. The van der Waals surface area contributed by atoms with E-state index in [0.717, 1.165) is 29.8 Å². The highest BCUT2D eigenvalue weighted by Crippen LogP contribution is 2.19. The number of benzene rings is 1.